The number of pyridine rings is 2. The van der Waals surface area contributed by atoms with Crippen LogP contribution in [-0.2, 0) is 20.1 Å². The van der Waals surface area contributed by atoms with Crippen molar-refractivity contribution < 1.29 is 24.5 Å². The Bertz CT molecular complexity index is 2620. The molecule has 0 atom stereocenters. The average Bonchev–Trinajstić information content (AvgIpc) is 3.60. The van der Waals surface area contributed by atoms with Gasteiger partial charge in [0.15, 0.2) is 5.69 Å². The van der Waals surface area contributed by atoms with Crippen molar-refractivity contribution in [2.45, 2.75) is 59.2 Å². The van der Waals surface area contributed by atoms with E-state index in [1.165, 1.54) is 21.9 Å². The van der Waals surface area contributed by atoms with Crippen LogP contribution in [0.25, 0.3) is 71.6 Å². The number of fused-ring (bicyclic) bond motifs is 3. The van der Waals surface area contributed by atoms with Crippen LogP contribution in [0.4, 0.5) is 5.69 Å². The molecule has 0 bridgehead atoms. The van der Waals surface area contributed by atoms with Crippen LogP contribution in [-0.4, -0.2) is 18.0 Å². The first-order valence-corrected chi connectivity index (χ1v) is 22.4. The summed E-state index contributed by atoms with van der Waals surface area (Å²) >= 11 is 0. The molecule has 0 aliphatic rings. The van der Waals surface area contributed by atoms with E-state index in [-0.39, 0.29) is 20.1 Å². The molecule has 8 aromatic rings. The van der Waals surface area contributed by atoms with Crippen LogP contribution in [0.3, 0.4) is 0 Å². The molecule has 0 spiro atoms. The van der Waals surface area contributed by atoms with E-state index >= 15 is 0 Å². The summed E-state index contributed by atoms with van der Waals surface area (Å²) in [5.74, 6) is 0.806. The van der Waals surface area contributed by atoms with E-state index in [2.05, 4.69) is 124 Å². The summed E-state index contributed by atoms with van der Waals surface area (Å²) in [5, 5.41) is 3.46. The number of aromatic nitrogens is 2. The van der Waals surface area contributed by atoms with E-state index in [9.17, 15) is 0 Å². The Morgan fingerprint density at radius 3 is 2.05 bits per heavy atom. The van der Waals surface area contributed by atoms with Crippen molar-refractivity contribution in [2.24, 2.45) is 0 Å². The van der Waals surface area contributed by atoms with Gasteiger partial charge in [-0.1, -0.05) is 131 Å². The summed E-state index contributed by atoms with van der Waals surface area (Å²) < 4.78 is 6.62. The van der Waals surface area contributed by atoms with Crippen molar-refractivity contribution in [1.29, 1.82) is 0 Å². The molecule has 5 aromatic carbocycles. The summed E-state index contributed by atoms with van der Waals surface area (Å²) in [6.45, 7) is 23.4. The van der Waals surface area contributed by atoms with Gasteiger partial charge in [0.2, 0.25) is 0 Å². The summed E-state index contributed by atoms with van der Waals surface area (Å²) in [5.41, 5.74) is 13.0. The molecule has 0 saturated heterocycles. The average molecular weight is 924 g/mol. The molecule has 1 radical (unpaired) electrons. The van der Waals surface area contributed by atoms with Gasteiger partial charge >= 0.3 is 0 Å². The van der Waals surface area contributed by atoms with Gasteiger partial charge in [-0.05, 0) is 68.4 Å². The van der Waals surface area contributed by atoms with Gasteiger partial charge < -0.3 is 14.4 Å². The Balaban J connectivity index is 0.000000263. The summed E-state index contributed by atoms with van der Waals surface area (Å²) in [4.78, 5) is 12.9. The normalized spacial score (nSPS) is 11.3. The van der Waals surface area contributed by atoms with Crippen molar-refractivity contribution in [2.75, 3.05) is 0 Å². The minimum atomic E-state index is -1.23. The van der Waals surface area contributed by atoms with Gasteiger partial charge in [0.1, 0.15) is 5.58 Å². The van der Waals surface area contributed by atoms with Gasteiger partial charge in [-0.2, -0.15) is 0 Å². The molecule has 0 fully saturated rings. The Morgan fingerprint density at radius 2 is 1.39 bits per heavy atom. The van der Waals surface area contributed by atoms with Crippen molar-refractivity contribution in [1.82, 2.24) is 9.97 Å². The minimum absolute atomic E-state index is 0. The maximum absolute atomic E-state index is 7.42. The topological polar surface area (TPSA) is 43.3 Å². The third-order valence-corrected chi connectivity index (χ3v) is 12.1. The Morgan fingerprint density at radius 1 is 0.661 bits per heavy atom. The van der Waals surface area contributed by atoms with Gasteiger partial charge in [0, 0.05) is 43.4 Å². The third kappa shape index (κ3) is 8.37. The van der Waals surface area contributed by atoms with Crippen LogP contribution in [0.15, 0.2) is 138 Å². The first-order valence-electron chi connectivity index (χ1n) is 18.9. The fraction of sp³-hybridized carbons (Fsp3) is 0.180. The number of rotatable bonds is 7. The predicted molar refractivity (Wildman–Crippen MR) is 233 cm³/mol. The molecule has 0 aliphatic heterocycles. The molecular formula is C50H45IrN3OSi-2. The fourth-order valence-electron chi connectivity index (χ4n) is 7.08. The number of benzene rings is 5. The standard InChI is InChI=1S/C36H29N2O.C14H16NSi.Ir/c1-22(2)27-12-7-13-28(23(3)4)34(27)25-18-19-38-33(21-25)32-17-9-16-31-30-15-8-14-29(35(30)39-36(31)32)24-10-6-11-26(20-24)37-5;1-16(2,3)13-9-10-14(15-11-13)12-7-5-4-6-8-12;/h6-16,18-23H,1-4H3;4-7,9-11H,1-3H3;/q2*-1;. The molecule has 281 valence electrons. The van der Waals surface area contributed by atoms with E-state index in [1.54, 1.807) is 0 Å². The van der Waals surface area contributed by atoms with E-state index in [0.29, 0.717) is 17.5 Å². The molecular weight excluding hydrogens is 879 g/mol. The van der Waals surface area contributed by atoms with Crippen LogP contribution < -0.4 is 5.19 Å². The van der Waals surface area contributed by atoms with Crippen LogP contribution in [0, 0.1) is 18.7 Å². The zero-order chi connectivity index (χ0) is 38.7. The molecule has 0 unspecified atom stereocenters. The zero-order valence-electron chi connectivity index (χ0n) is 32.9. The second-order valence-corrected chi connectivity index (χ2v) is 20.6. The first-order chi connectivity index (χ1) is 26.5. The maximum atomic E-state index is 7.42. The first kappa shape index (κ1) is 40.2. The monoisotopic (exact) mass is 924 g/mol. The Labute approximate surface area is 345 Å². The number of hydrogen-bond donors (Lipinski definition) is 0. The predicted octanol–water partition coefficient (Wildman–Crippen LogP) is 13.7. The second-order valence-electron chi connectivity index (χ2n) is 15.6. The van der Waals surface area contributed by atoms with E-state index < -0.39 is 8.07 Å². The molecule has 0 saturated carbocycles. The third-order valence-electron chi connectivity index (χ3n) is 10.0. The molecule has 3 heterocycles. The van der Waals surface area contributed by atoms with Crippen molar-refractivity contribution in [3.8, 4) is 44.8 Å². The van der Waals surface area contributed by atoms with Gasteiger partial charge in [-0.15, -0.1) is 54.1 Å². The fourth-order valence-corrected chi connectivity index (χ4v) is 8.12. The van der Waals surface area contributed by atoms with E-state index in [4.69, 9.17) is 16.0 Å². The number of hydrogen-bond acceptors (Lipinski definition) is 3. The van der Waals surface area contributed by atoms with Crippen molar-refractivity contribution >= 4 is 40.9 Å². The molecule has 6 heteroatoms. The van der Waals surface area contributed by atoms with E-state index in [0.717, 1.165) is 61.1 Å². The van der Waals surface area contributed by atoms with Crippen molar-refractivity contribution in [3.63, 3.8) is 0 Å². The Kier molecular flexibility index (Phi) is 12.3. The van der Waals surface area contributed by atoms with Crippen LogP contribution >= 0.6 is 0 Å². The van der Waals surface area contributed by atoms with Gasteiger partial charge in [0.25, 0.3) is 0 Å². The summed E-state index contributed by atoms with van der Waals surface area (Å²) in [7, 11) is -1.23. The van der Waals surface area contributed by atoms with Crippen LogP contribution in [0.1, 0.15) is 50.7 Å². The molecule has 0 N–H and O–H groups in total. The number of furan rings is 1. The summed E-state index contributed by atoms with van der Waals surface area (Å²) in [6, 6.07) is 47.6. The quantitative estimate of drug-likeness (QED) is 0.118. The smallest absolute Gasteiger partial charge is 0.187 e. The van der Waals surface area contributed by atoms with Gasteiger partial charge in [-0.25, -0.2) is 4.85 Å². The molecule has 8 rings (SSSR count). The number of nitrogens with zero attached hydrogens (tertiary/aromatic N) is 3. The minimum Gasteiger partial charge on any atom is -0.500 e. The molecule has 0 aliphatic carbocycles. The largest absolute Gasteiger partial charge is 0.500 e. The maximum Gasteiger partial charge on any atom is 0.187 e. The van der Waals surface area contributed by atoms with Crippen LogP contribution in [0.5, 0.6) is 0 Å². The summed E-state index contributed by atoms with van der Waals surface area (Å²) in [6.07, 6.45) is 3.91. The number of para-hydroxylation sites is 1. The van der Waals surface area contributed by atoms with Crippen molar-refractivity contribution in [3.05, 3.63) is 168 Å². The molecule has 0 amide bonds. The van der Waals surface area contributed by atoms with Gasteiger partial charge in [0.05, 0.1) is 20.2 Å². The molecule has 3 aromatic heterocycles. The van der Waals surface area contributed by atoms with E-state index in [1.807, 2.05) is 79.1 Å². The second kappa shape index (κ2) is 17.1. The molecule has 4 nitrogen and oxygen atoms in total. The van der Waals surface area contributed by atoms with Crippen LogP contribution in [0.2, 0.25) is 19.6 Å². The zero-order valence-corrected chi connectivity index (χ0v) is 36.3. The SMILES string of the molecule is C[Si](C)(C)c1ccc(-c2[c-]cccc2)nc1.[C-]#[N+]c1cccc(-c2cccc3c2oc2c(-c4cc(-c5c(C(C)C)cccc5C(C)C)ccn4)[c-]ccc23)c1.[Ir]. The molecule has 56 heavy (non-hydrogen) atoms. The Hall–Kier alpha value is -5.44. The van der Waals surface area contributed by atoms with Gasteiger partial charge in [-0.3, -0.25) is 0 Å².